The highest BCUT2D eigenvalue weighted by Crippen LogP contribution is 2.34. The highest BCUT2D eigenvalue weighted by Gasteiger charge is 2.44. The van der Waals surface area contributed by atoms with Crippen molar-refractivity contribution in [1.29, 1.82) is 0 Å². The molecule has 0 aliphatic carbocycles. The van der Waals surface area contributed by atoms with Gasteiger partial charge in [0.05, 0.1) is 19.9 Å². The van der Waals surface area contributed by atoms with E-state index in [-0.39, 0.29) is 11.3 Å². The molecule has 0 bridgehead atoms. The summed E-state index contributed by atoms with van der Waals surface area (Å²) in [5.41, 5.74) is 0.330. The molecule has 1 aliphatic rings. The first-order valence-corrected chi connectivity index (χ1v) is 5.34. The van der Waals surface area contributed by atoms with Crippen LogP contribution in [0.2, 0.25) is 0 Å². The van der Waals surface area contributed by atoms with Gasteiger partial charge in [0.2, 0.25) is 0 Å². The summed E-state index contributed by atoms with van der Waals surface area (Å²) < 4.78 is 9.85. The monoisotopic (exact) mass is 258 g/mol. The summed E-state index contributed by atoms with van der Waals surface area (Å²) in [4.78, 5) is 11.4. The van der Waals surface area contributed by atoms with Crippen LogP contribution < -0.4 is 0 Å². The molecule has 0 radical (unpaired) electrons. The Morgan fingerprint density at radius 2 is 2.28 bits per heavy atom. The maximum absolute atomic E-state index is 11.4. The van der Waals surface area contributed by atoms with Gasteiger partial charge >= 0.3 is 5.97 Å². The van der Waals surface area contributed by atoms with Crippen molar-refractivity contribution < 1.29 is 29.6 Å². The van der Waals surface area contributed by atoms with E-state index in [9.17, 15) is 15.0 Å². The average Bonchev–Trinajstić information content (AvgIpc) is 2.95. The Hall–Kier alpha value is -1.48. The van der Waals surface area contributed by atoms with Crippen LogP contribution in [0.5, 0.6) is 0 Å². The van der Waals surface area contributed by atoms with Crippen molar-refractivity contribution in [2.75, 3.05) is 13.7 Å². The number of carbonyl (C=O) groups excluding carboxylic acids is 1. The van der Waals surface area contributed by atoms with E-state index >= 15 is 0 Å². The van der Waals surface area contributed by atoms with Crippen LogP contribution in [-0.4, -0.2) is 63.5 Å². The number of nitrogens with zero attached hydrogens (tertiary/aromatic N) is 1. The van der Waals surface area contributed by atoms with Crippen LogP contribution in [0.1, 0.15) is 22.2 Å². The maximum atomic E-state index is 11.4. The van der Waals surface area contributed by atoms with Crippen LogP contribution in [0.15, 0.2) is 6.20 Å². The molecular formula is C10H14N2O6. The standard InChI is InChI=1S/C10H14N2O6/c1-17-10(16)6-4(2-11-12-6)9-8(15)7(14)5(3-13)18-9/h2,5,7-9,13-15H,3H2,1H3,(H,11,12)/t5-,7-,8-,9+/m0/s1. The highest BCUT2D eigenvalue weighted by atomic mass is 16.6. The van der Waals surface area contributed by atoms with Gasteiger partial charge in [-0.3, -0.25) is 5.10 Å². The van der Waals surface area contributed by atoms with Gasteiger partial charge in [-0.05, 0) is 0 Å². The smallest absolute Gasteiger partial charge is 0.356 e. The first-order chi connectivity index (χ1) is 8.60. The fraction of sp³-hybridized carbons (Fsp3) is 0.600. The second-order valence-corrected chi connectivity index (χ2v) is 3.95. The summed E-state index contributed by atoms with van der Waals surface area (Å²) in [6.07, 6.45) is -2.99. The minimum Gasteiger partial charge on any atom is -0.464 e. The lowest BCUT2D eigenvalue weighted by Crippen LogP contribution is -2.32. The van der Waals surface area contributed by atoms with Gasteiger partial charge in [-0.1, -0.05) is 0 Å². The number of esters is 1. The lowest BCUT2D eigenvalue weighted by Gasteiger charge is -2.13. The molecule has 100 valence electrons. The molecule has 1 aromatic rings. The van der Waals surface area contributed by atoms with Gasteiger partial charge in [-0.25, -0.2) is 4.79 Å². The molecule has 4 atom stereocenters. The number of rotatable bonds is 3. The van der Waals surface area contributed by atoms with E-state index in [1.54, 1.807) is 0 Å². The molecule has 0 amide bonds. The van der Waals surface area contributed by atoms with E-state index in [0.29, 0.717) is 0 Å². The Labute approximate surface area is 102 Å². The molecule has 1 fully saturated rings. The van der Waals surface area contributed by atoms with Gasteiger partial charge in [0.15, 0.2) is 0 Å². The second kappa shape index (κ2) is 5.02. The van der Waals surface area contributed by atoms with Crippen LogP contribution in [-0.2, 0) is 9.47 Å². The zero-order valence-electron chi connectivity index (χ0n) is 9.61. The lowest BCUT2D eigenvalue weighted by molar-refractivity contribution is -0.0230. The van der Waals surface area contributed by atoms with Gasteiger partial charge in [-0.15, -0.1) is 0 Å². The van der Waals surface area contributed by atoms with Crippen molar-refractivity contribution >= 4 is 5.97 Å². The molecule has 1 aliphatic heterocycles. The Morgan fingerprint density at radius 3 is 2.83 bits per heavy atom. The molecule has 0 saturated carbocycles. The molecule has 2 heterocycles. The third kappa shape index (κ3) is 1.99. The molecule has 1 saturated heterocycles. The van der Waals surface area contributed by atoms with Crippen LogP contribution >= 0.6 is 0 Å². The first-order valence-electron chi connectivity index (χ1n) is 5.34. The number of H-pyrrole nitrogens is 1. The van der Waals surface area contributed by atoms with E-state index in [2.05, 4.69) is 14.9 Å². The van der Waals surface area contributed by atoms with Crippen LogP contribution in [0.3, 0.4) is 0 Å². The van der Waals surface area contributed by atoms with E-state index in [0.717, 1.165) is 0 Å². The maximum Gasteiger partial charge on any atom is 0.356 e. The summed E-state index contributed by atoms with van der Waals surface area (Å²) >= 11 is 0. The second-order valence-electron chi connectivity index (χ2n) is 3.95. The van der Waals surface area contributed by atoms with E-state index in [4.69, 9.17) is 9.84 Å². The topological polar surface area (TPSA) is 125 Å². The van der Waals surface area contributed by atoms with Gasteiger partial charge < -0.3 is 24.8 Å². The van der Waals surface area contributed by atoms with Crippen molar-refractivity contribution in [1.82, 2.24) is 10.2 Å². The summed E-state index contributed by atoms with van der Waals surface area (Å²) in [5.74, 6) is -0.653. The van der Waals surface area contributed by atoms with E-state index in [1.165, 1.54) is 13.3 Å². The quantitative estimate of drug-likeness (QED) is 0.479. The molecule has 2 rings (SSSR count). The molecular weight excluding hydrogens is 244 g/mol. The van der Waals surface area contributed by atoms with E-state index < -0.39 is 37.0 Å². The Kier molecular flexibility index (Phi) is 3.62. The minimum absolute atomic E-state index is 0.0485. The van der Waals surface area contributed by atoms with Gasteiger partial charge in [0.1, 0.15) is 30.1 Å². The SMILES string of the molecule is COC(=O)c1[nH]ncc1[C@H]1O[C@@H](CO)[C@H](O)[C@@H]1O. The van der Waals surface area contributed by atoms with Crippen LogP contribution in [0.25, 0.3) is 0 Å². The molecule has 18 heavy (non-hydrogen) atoms. The Balaban J connectivity index is 2.27. The van der Waals surface area contributed by atoms with Crippen LogP contribution in [0, 0.1) is 0 Å². The lowest BCUT2D eigenvalue weighted by atomic mass is 10.0. The van der Waals surface area contributed by atoms with Crippen molar-refractivity contribution in [3.63, 3.8) is 0 Å². The van der Waals surface area contributed by atoms with Crippen LogP contribution in [0.4, 0.5) is 0 Å². The first kappa shape index (κ1) is 13.0. The average molecular weight is 258 g/mol. The normalized spacial score (nSPS) is 31.6. The summed E-state index contributed by atoms with van der Waals surface area (Å²) in [6.45, 7) is -0.430. The number of ether oxygens (including phenoxy) is 2. The Bertz CT molecular complexity index is 434. The number of nitrogens with one attached hydrogen (secondary N) is 1. The summed E-state index contributed by atoms with van der Waals surface area (Å²) in [5, 5.41) is 34.6. The number of hydrogen-bond donors (Lipinski definition) is 4. The largest absolute Gasteiger partial charge is 0.464 e. The predicted octanol–water partition coefficient (Wildman–Crippen LogP) is -1.65. The van der Waals surface area contributed by atoms with Gasteiger partial charge in [0.25, 0.3) is 0 Å². The number of hydrogen-bond acceptors (Lipinski definition) is 7. The number of methoxy groups -OCH3 is 1. The summed E-state index contributed by atoms with van der Waals surface area (Å²) in [7, 11) is 1.21. The molecule has 4 N–H and O–H groups in total. The number of aliphatic hydroxyl groups is 3. The third-order valence-electron chi connectivity index (χ3n) is 2.91. The van der Waals surface area contributed by atoms with Gasteiger partial charge in [0, 0.05) is 5.56 Å². The molecule has 0 unspecified atom stereocenters. The number of aromatic nitrogens is 2. The molecule has 1 aromatic heterocycles. The van der Waals surface area contributed by atoms with Crippen molar-refractivity contribution in [2.45, 2.75) is 24.4 Å². The molecule has 8 heteroatoms. The number of aliphatic hydroxyl groups excluding tert-OH is 3. The molecule has 0 aromatic carbocycles. The van der Waals surface area contributed by atoms with Crippen molar-refractivity contribution in [3.8, 4) is 0 Å². The van der Waals surface area contributed by atoms with Gasteiger partial charge in [-0.2, -0.15) is 5.10 Å². The zero-order chi connectivity index (χ0) is 13.3. The number of aromatic amines is 1. The van der Waals surface area contributed by atoms with Crippen molar-refractivity contribution in [2.24, 2.45) is 0 Å². The summed E-state index contributed by atoms with van der Waals surface area (Å²) in [6, 6.07) is 0. The molecule has 0 spiro atoms. The fourth-order valence-electron chi connectivity index (χ4n) is 1.93. The number of carbonyl (C=O) groups is 1. The highest BCUT2D eigenvalue weighted by molar-refractivity contribution is 5.88. The van der Waals surface area contributed by atoms with Crippen molar-refractivity contribution in [3.05, 3.63) is 17.5 Å². The predicted molar refractivity (Wildman–Crippen MR) is 56.6 cm³/mol. The Morgan fingerprint density at radius 1 is 1.56 bits per heavy atom. The van der Waals surface area contributed by atoms with E-state index in [1.807, 2.05) is 0 Å². The fourth-order valence-corrected chi connectivity index (χ4v) is 1.93. The molecule has 8 nitrogen and oxygen atoms in total. The minimum atomic E-state index is -1.25. The third-order valence-corrected chi connectivity index (χ3v) is 2.91. The zero-order valence-corrected chi connectivity index (χ0v) is 9.61.